The van der Waals surface area contributed by atoms with Crippen molar-refractivity contribution in [2.75, 3.05) is 46.3 Å². The second kappa shape index (κ2) is 13.5. The predicted molar refractivity (Wildman–Crippen MR) is 139 cm³/mol. The summed E-state index contributed by atoms with van der Waals surface area (Å²) in [5.74, 6) is 0.795. The Morgan fingerprint density at radius 2 is 1.77 bits per heavy atom. The van der Waals surface area contributed by atoms with Crippen LogP contribution in [0.3, 0.4) is 0 Å². The third-order valence-electron chi connectivity index (χ3n) is 4.27. The molecule has 6 nitrogen and oxygen atoms in total. The minimum atomic E-state index is -0.0249. The Morgan fingerprint density at radius 1 is 1.07 bits per heavy atom. The number of guanidine groups is 1. The van der Waals surface area contributed by atoms with Gasteiger partial charge in [0.05, 0.1) is 6.54 Å². The smallest absolute Gasteiger partial charge is 0.238 e. The Bertz CT molecular complexity index is 827. The predicted octanol–water partition coefficient (Wildman–Crippen LogP) is 3.73. The number of anilines is 1. The van der Waals surface area contributed by atoms with E-state index in [2.05, 4.69) is 51.0 Å². The fourth-order valence-corrected chi connectivity index (χ4v) is 3.30. The van der Waals surface area contributed by atoms with Gasteiger partial charge in [0.1, 0.15) is 0 Å². The highest BCUT2D eigenvalue weighted by Gasteiger charge is 2.08. The van der Waals surface area contributed by atoms with Crippen LogP contribution in [-0.4, -0.2) is 62.7 Å². The zero-order valence-electron chi connectivity index (χ0n) is 18.3. The van der Waals surface area contributed by atoms with E-state index < -0.39 is 0 Å². The number of carbonyl (C=O) groups excluding carboxylic acids is 1. The average molecular weight is 542 g/mol. The van der Waals surface area contributed by atoms with Crippen LogP contribution in [0, 0.1) is 0 Å². The van der Waals surface area contributed by atoms with Gasteiger partial charge in [0.15, 0.2) is 5.96 Å². The maximum Gasteiger partial charge on any atom is 0.238 e. The molecule has 0 aliphatic heterocycles. The van der Waals surface area contributed by atoms with Crippen LogP contribution in [0.5, 0.6) is 0 Å². The van der Waals surface area contributed by atoms with Crippen LogP contribution in [0.4, 0.5) is 5.69 Å². The van der Waals surface area contributed by atoms with Gasteiger partial charge in [0, 0.05) is 37.8 Å². The SMILES string of the molecule is CN=C(NCc1cccc(NC(=O)CN(C)C)c1)N(C)Cc1ccc(SC)cc1.I. The quantitative estimate of drug-likeness (QED) is 0.231. The first kappa shape index (κ1) is 26.3. The Kier molecular flexibility index (Phi) is 11.8. The van der Waals surface area contributed by atoms with Gasteiger partial charge in [-0.2, -0.15) is 0 Å². The van der Waals surface area contributed by atoms with Crippen LogP contribution in [0.2, 0.25) is 0 Å². The molecule has 0 aliphatic carbocycles. The Morgan fingerprint density at radius 3 is 2.37 bits per heavy atom. The molecule has 0 saturated carbocycles. The first-order valence-electron chi connectivity index (χ1n) is 9.49. The minimum absolute atomic E-state index is 0. The molecule has 2 aromatic carbocycles. The van der Waals surface area contributed by atoms with E-state index in [-0.39, 0.29) is 29.9 Å². The molecular weight excluding hydrogens is 509 g/mol. The van der Waals surface area contributed by atoms with Crippen LogP contribution < -0.4 is 10.6 Å². The number of amides is 1. The van der Waals surface area contributed by atoms with Crippen molar-refractivity contribution in [1.82, 2.24) is 15.1 Å². The Labute approximate surface area is 201 Å². The number of carbonyl (C=O) groups is 1. The lowest BCUT2D eigenvalue weighted by Crippen LogP contribution is -2.38. The Balaban J connectivity index is 0.00000450. The van der Waals surface area contributed by atoms with Crippen molar-refractivity contribution in [1.29, 1.82) is 0 Å². The molecule has 1 amide bonds. The number of halogens is 1. The number of nitrogens with zero attached hydrogens (tertiary/aromatic N) is 3. The molecule has 0 fully saturated rings. The number of likely N-dealkylation sites (N-methyl/N-ethyl adjacent to an activating group) is 1. The number of aliphatic imine (C=N–C) groups is 1. The molecule has 0 aliphatic rings. The van der Waals surface area contributed by atoms with E-state index in [1.165, 1.54) is 10.5 Å². The molecule has 30 heavy (non-hydrogen) atoms. The van der Waals surface area contributed by atoms with E-state index in [1.807, 2.05) is 50.3 Å². The van der Waals surface area contributed by atoms with Crippen LogP contribution in [0.15, 0.2) is 58.4 Å². The van der Waals surface area contributed by atoms with E-state index in [1.54, 1.807) is 18.8 Å². The lowest BCUT2D eigenvalue weighted by atomic mass is 10.2. The topological polar surface area (TPSA) is 60.0 Å². The van der Waals surface area contributed by atoms with Crippen LogP contribution in [0.1, 0.15) is 11.1 Å². The number of hydrogen-bond donors (Lipinski definition) is 2. The zero-order valence-corrected chi connectivity index (χ0v) is 21.5. The number of hydrogen-bond acceptors (Lipinski definition) is 4. The molecule has 164 valence electrons. The molecule has 2 N–H and O–H groups in total. The number of rotatable bonds is 8. The van der Waals surface area contributed by atoms with Crippen molar-refractivity contribution >= 4 is 53.3 Å². The van der Waals surface area contributed by atoms with Gasteiger partial charge >= 0.3 is 0 Å². The number of nitrogens with one attached hydrogen (secondary N) is 2. The van der Waals surface area contributed by atoms with E-state index in [4.69, 9.17) is 0 Å². The molecule has 0 unspecified atom stereocenters. The third-order valence-corrected chi connectivity index (χ3v) is 5.02. The van der Waals surface area contributed by atoms with Crippen LogP contribution >= 0.6 is 35.7 Å². The molecule has 0 radical (unpaired) electrons. The lowest BCUT2D eigenvalue weighted by molar-refractivity contribution is -0.116. The van der Waals surface area contributed by atoms with E-state index in [0.717, 1.165) is 23.8 Å². The molecule has 0 atom stereocenters. The molecule has 0 aromatic heterocycles. The molecule has 2 aromatic rings. The van der Waals surface area contributed by atoms with Gasteiger partial charge in [-0.25, -0.2) is 0 Å². The van der Waals surface area contributed by atoms with Gasteiger partial charge in [-0.3, -0.25) is 9.79 Å². The van der Waals surface area contributed by atoms with Gasteiger partial charge in [-0.05, 0) is 55.7 Å². The highest BCUT2D eigenvalue weighted by molar-refractivity contribution is 14.0. The molecule has 2 rings (SSSR count). The molecule has 0 heterocycles. The van der Waals surface area contributed by atoms with Crippen molar-refractivity contribution in [3.8, 4) is 0 Å². The molecule has 0 bridgehead atoms. The first-order chi connectivity index (χ1) is 13.9. The lowest BCUT2D eigenvalue weighted by Gasteiger charge is -2.22. The van der Waals surface area contributed by atoms with E-state index in [9.17, 15) is 4.79 Å². The highest BCUT2D eigenvalue weighted by atomic mass is 127. The zero-order chi connectivity index (χ0) is 21.2. The summed E-state index contributed by atoms with van der Waals surface area (Å²) in [6, 6.07) is 16.4. The molecular formula is C22H32IN5OS. The summed E-state index contributed by atoms with van der Waals surface area (Å²) in [5, 5.41) is 6.32. The summed E-state index contributed by atoms with van der Waals surface area (Å²) < 4.78 is 0. The second-order valence-electron chi connectivity index (χ2n) is 7.09. The summed E-state index contributed by atoms with van der Waals surface area (Å²) in [4.78, 5) is 21.5. The third kappa shape index (κ3) is 8.93. The van der Waals surface area contributed by atoms with E-state index in [0.29, 0.717) is 13.1 Å². The molecule has 8 heteroatoms. The number of thioether (sulfide) groups is 1. The second-order valence-corrected chi connectivity index (χ2v) is 7.97. The fraction of sp³-hybridized carbons (Fsp3) is 0.364. The average Bonchev–Trinajstić information content (AvgIpc) is 2.68. The van der Waals surface area contributed by atoms with Crippen molar-refractivity contribution < 1.29 is 4.79 Å². The van der Waals surface area contributed by atoms with Gasteiger partial charge in [-0.1, -0.05) is 24.3 Å². The molecule has 0 saturated heterocycles. The molecule has 0 spiro atoms. The van der Waals surface area contributed by atoms with Crippen LogP contribution in [-0.2, 0) is 17.9 Å². The van der Waals surface area contributed by atoms with Gasteiger partial charge in [0.2, 0.25) is 5.91 Å². The normalized spacial score (nSPS) is 11.1. The monoisotopic (exact) mass is 541 g/mol. The number of benzene rings is 2. The van der Waals surface area contributed by atoms with Crippen LogP contribution in [0.25, 0.3) is 0 Å². The summed E-state index contributed by atoms with van der Waals surface area (Å²) in [6.45, 7) is 1.76. The van der Waals surface area contributed by atoms with Gasteiger partial charge in [0.25, 0.3) is 0 Å². The van der Waals surface area contributed by atoms with Gasteiger partial charge in [-0.15, -0.1) is 35.7 Å². The maximum atomic E-state index is 12.0. The minimum Gasteiger partial charge on any atom is -0.352 e. The maximum absolute atomic E-state index is 12.0. The Hall–Kier alpha value is -1.78. The summed E-state index contributed by atoms with van der Waals surface area (Å²) >= 11 is 1.74. The fourth-order valence-electron chi connectivity index (χ4n) is 2.89. The summed E-state index contributed by atoms with van der Waals surface area (Å²) in [6.07, 6.45) is 2.08. The van der Waals surface area contributed by atoms with Gasteiger partial charge < -0.3 is 20.4 Å². The first-order valence-corrected chi connectivity index (χ1v) is 10.7. The van der Waals surface area contributed by atoms with Crippen molar-refractivity contribution in [2.24, 2.45) is 4.99 Å². The highest BCUT2D eigenvalue weighted by Crippen LogP contribution is 2.16. The summed E-state index contributed by atoms with van der Waals surface area (Å²) in [7, 11) is 7.56. The van der Waals surface area contributed by atoms with Crippen molar-refractivity contribution in [3.63, 3.8) is 0 Å². The largest absolute Gasteiger partial charge is 0.352 e. The summed E-state index contributed by atoms with van der Waals surface area (Å²) in [5.41, 5.74) is 3.11. The van der Waals surface area contributed by atoms with E-state index >= 15 is 0 Å². The standard InChI is InChI=1S/C22H31N5OS.HI/c1-23-22(27(4)15-17-9-11-20(29-5)12-10-17)24-14-18-7-6-8-19(13-18)25-21(28)16-26(2)3;/h6-13H,14-16H2,1-5H3,(H,23,24)(H,25,28);1H. The van der Waals surface area contributed by atoms with Crippen molar-refractivity contribution in [3.05, 3.63) is 59.7 Å². The van der Waals surface area contributed by atoms with Crippen molar-refractivity contribution in [2.45, 2.75) is 18.0 Å².